The van der Waals surface area contributed by atoms with Crippen LogP contribution in [0.4, 0.5) is 25.0 Å². The Kier molecular flexibility index (Phi) is 6.82. The molecule has 2 fully saturated rings. The number of benzene rings is 2. The molecule has 2 saturated carbocycles. The van der Waals surface area contributed by atoms with E-state index in [1.54, 1.807) is 0 Å². The lowest BCUT2D eigenvalue weighted by atomic mass is 9.92. The van der Waals surface area contributed by atoms with Crippen LogP contribution >= 0.6 is 0 Å². The van der Waals surface area contributed by atoms with Gasteiger partial charge in [0, 0.05) is 0 Å². The van der Waals surface area contributed by atoms with Crippen molar-refractivity contribution in [1.29, 1.82) is 0 Å². The predicted octanol–water partition coefficient (Wildman–Crippen LogP) is 6.30. The number of ether oxygens (including phenoxy) is 2. The Hall–Kier alpha value is -2.83. The van der Waals surface area contributed by atoms with Gasteiger partial charge < -0.3 is 20.9 Å². The average molecular weight is 445 g/mol. The smallest absolute Gasteiger partial charge is 0.429 e. The quantitative estimate of drug-likeness (QED) is 0.403. The molecule has 172 valence electrons. The van der Waals surface area contributed by atoms with E-state index < -0.39 is 17.8 Å². The van der Waals surface area contributed by atoms with Gasteiger partial charge in [-0.05, 0) is 84.0 Å². The monoisotopic (exact) mass is 444 g/mol. The number of halogens is 2. The Bertz CT molecular complexity index is 906. The van der Waals surface area contributed by atoms with Crippen LogP contribution in [0.1, 0.15) is 85.5 Å². The molecule has 2 aliphatic carbocycles. The zero-order valence-electron chi connectivity index (χ0n) is 18.2. The maximum atomic E-state index is 14.1. The van der Waals surface area contributed by atoms with Gasteiger partial charge in [0.25, 0.3) is 0 Å². The van der Waals surface area contributed by atoms with Crippen LogP contribution in [-0.2, 0) is 22.7 Å². The van der Waals surface area contributed by atoms with Crippen molar-refractivity contribution in [3.05, 3.63) is 58.2 Å². The third-order valence-corrected chi connectivity index (χ3v) is 6.80. The van der Waals surface area contributed by atoms with Crippen molar-refractivity contribution in [2.24, 2.45) is 0 Å². The Morgan fingerprint density at radius 2 is 1.12 bits per heavy atom. The van der Waals surface area contributed by atoms with Crippen LogP contribution in [0.15, 0.2) is 24.3 Å². The number of hydrogen-bond donors (Lipinski definition) is 2. The summed E-state index contributed by atoms with van der Waals surface area (Å²) in [7, 11) is 0. The maximum Gasteiger partial charge on any atom is 0.508 e. The Balaban J connectivity index is 1.41. The summed E-state index contributed by atoms with van der Waals surface area (Å²) in [5.41, 5.74) is 14.6. The topological polar surface area (TPSA) is 87.6 Å². The highest BCUT2D eigenvalue weighted by Crippen LogP contribution is 2.38. The van der Waals surface area contributed by atoms with Crippen LogP contribution in [0.25, 0.3) is 0 Å². The second-order valence-corrected chi connectivity index (χ2v) is 8.94. The van der Waals surface area contributed by atoms with Crippen molar-refractivity contribution in [3.63, 3.8) is 0 Å². The second kappa shape index (κ2) is 9.76. The fourth-order valence-corrected chi connectivity index (χ4v) is 5.10. The zero-order chi connectivity index (χ0) is 22.7. The molecule has 0 radical (unpaired) electrons. The minimum atomic E-state index is -0.842. The van der Waals surface area contributed by atoms with E-state index in [1.165, 1.54) is 24.3 Å². The molecule has 0 bridgehead atoms. The molecule has 0 aromatic heterocycles. The summed E-state index contributed by atoms with van der Waals surface area (Å²) in [6, 6.07) is 6.00. The van der Waals surface area contributed by atoms with Crippen molar-refractivity contribution >= 4 is 17.5 Å². The van der Waals surface area contributed by atoms with Crippen molar-refractivity contribution in [2.45, 2.75) is 76.4 Å². The number of hydrogen-bond acceptors (Lipinski definition) is 5. The van der Waals surface area contributed by atoms with E-state index in [1.807, 2.05) is 0 Å². The lowest BCUT2D eigenvalue weighted by Gasteiger charge is -2.18. The molecule has 4 N–H and O–H groups in total. The predicted molar refractivity (Wildman–Crippen MR) is 119 cm³/mol. The second-order valence-electron chi connectivity index (χ2n) is 8.94. The van der Waals surface area contributed by atoms with Gasteiger partial charge in [-0.1, -0.05) is 25.7 Å². The molecule has 2 aromatic carbocycles. The summed E-state index contributed by atoms with van der Waals surface area (Å²) >= 11 is 0. The van der Waals surface area contributed by atoms with Gasteiger partial charge in [0.2, 0.25) is 0 Å². The van der Waals surface area contributed by atoms with Gasteiger partial charge in [-0.15, -0.1) is 0 Å². The molecule has 2 aliphatic rings. The minimum absolute atomic E-state index is 0.0294. The molecule has 32 heavy (non-hydrogen) atoms. The van der Waals surface area contributed by atoms with E-state index in [4.69, 9.17) is 20.9 Å². The minimum Gasteiger partial charge on any atom is -0.429 e. The molecule has 0 atom stereocenters. The number of nitrogens with two attached hydrogens (primary N) is 2. The number of rotatable bonds is 6. The van der Waals surface area contributed by atoms with Gasteiger partial charge in [-0.25, -0.2) is 13.6 Å². The summed E-state index contributed by atoms with van der Waals surface area (Å²) in [4.78, 5) is 12.3. The van der Waals surface area contributed by atoms with Crippen LogP contribution < -0.4 is 11.5 Å². The molecule has 2 aromatic rings. The summed E-state index contributed by atoms with van der Waals surface area (Å²) in [6.07, 6.45) is 7.49. The fraction of sp³-hybridized carbons (Fsp3) is 0.480. The molecular weight excluding hydrogens is 414 g/mol. The lowest BCUT2D eigenvalue weighted by molar-refractivity contribution is 0.0442. The third kappa shape index (κ3) is 4.97. The summed E-state index contributed by atoms with van der Waals surface area (Å²) in [5, 5.41) is 0. The van der Waals surface area contributed by atoms with Gasteiger partial charge in [-0.3, -0.25) is 0 Å². The number of nitrogen functional groups attached to an aromatic ring is 2. The molecule has 0 saturated heterocycles. The summed E-state index contributed by atoms with van der Waals surface area (Å²) in [5.74, 6) is -0.412. The normalized spacial score (nSPS) is 17.1. The highest BCUT2D eigenvalue weighted by Gasteiger charge is 2.24. The standard InChI is InChI=1S/C25H30F2N2O3/c26-21-11-19(15-5-1-2-6-15)17(9-23(21)28)13-31-25(30)32-14-18-10-24(29)22(27)12-20(18)16-7-3-4-8-16/h9-12,15-16H,1-8,13-14,28-29H2. The SMILES string of the molecule is Nc1cc(COC(=O)OCc2cc(N)c(F)cc2C2CCCC2)c(C2CCCC2)cc1F. The Morgan fingerprint density at radius 1 is 0.750 bits per heavy atom. The number of carbonyl (C=O) groups is 1. The molecule has 5 nitrogen and oxygen atoms in total. The summed E-state index contributed by atoms with van der Waals surface area (Å²) in [6.45, 7) is -0.0909. The van der Waals surface area contributed by atoms with Crippen molar-refractivity contribution in [3.8, 4) is 0 Å². The number of anilines is 2. The molecule has 0 amide bonds. The van der Waals surface area contributed by atoms with Crippen LogP contribution in [0.3, 0.4) is 0 Å². The average Bonchev–Trinajstić information content (AvgIpc) is 3.49. The Labute approximate surface area is 187 Å². The van der Waals surface area contributed by atoms with Crippen LogP contribution in [0.5, 0.6) is 0 Å². The zero-order valence-corrected chi connectivity index (χ0v) is 18.2. The lowest BCUT2D eigenvalue weighted by Crippen LogP contribution is -2.12. The van der Waals surface area contributed by atoms with Crippen LogP contribution in [-0.4, -0.2) is 6.16 Å². The first-order valence-corrected chi connectivity index (χ1v) is 11.4. The highest BCUT2D eigenvalue weighted by atomic mass is 19.1. The highest BCUT2D eigenvalue weighted by molar-refractivity contribution is 5.60. The van der Waals surface area contributed by atoms with E-state index in [-0.39, 0.29) is 36.4 Å². The fourth-order valence-electron chi connectivity index (χ4n) is 5.10. The largest absolute Gasteiger partial charge is 0.508 e. The first kappa shape index (κ1) is 22.4. The molecular formula is C25H30F2N2O3. The van der Waals surface area contributed by atoms with Gasteiger partial charge in [-0.2, -0.15) is 0 Å². The van der Waals surface area contributed by atoms with Gasteiger partial charge >= 0.3 is 6.16 Å². The van der Waals surface area contributed by atoms with Crippen molar-refractivity contribution in [2.75, 3.05) is 11.5 Å². The first-order valence-electron chi connectivity index (χ1n) is 11.4. The maximum absolute atomic E-state index is 14.1. The van der Waals surface area contributed by atoms with Gasteiger partial charge in [0.1, 0.15) is 24.8 Å². The molecule has 0 unspecified atom stereocenters. The molecule has 0 aliphatic heterocycles. The van der Waals surface area contributed by atoms with E-state index in [9.17, 15) is 13.6 Å². The molecule has 0 heterocycles. The molecule has 0 spiro atoms. The van der Waals surface area contributed by atoms with E-state index >= 15 is 0 Å². The van der Waals surface area contributed by atoms with E-state index in [2.05, 4.69) is 0 Å². The van der Waals surface area contributed by atoms with Crippen molar-refractivity contribution in [1.82, 2.24) is 0 Å². The van der Waals surface area contributed by atoms with Crippen molar-refractivity contribution < 1.29 is 23.0 Å². The van der Waals surface area contributed by atoms with Crippen LogP contribution in [0, 0.1) is 11.6 Å². The van der Waals surface area contributed by atoms with Gasteiger partial charge in [0.05, 0.1) is 11.4 Å². The van der Waals surface area contributed by atoms with E-state index in [0.717, 1.165) is 62.5 Å². The van der Waals surface area contributed by atoms with E-state index in [0.29, 0.717) is 11.1 Å². The third-order valence-electron chi connectivity index (χ3n) is 6.80. The molecule has 7 heteroatoms. The van der Waals surface area contributed by atoms with Gasteiger partial charge in [0.15, 0.2) is 0 Å². The number of carbonyl (C=O) groups excluding carboxylic acids is 1. The summed E-state index contributed by atoms with van der Waals surface area (Å²) < 4.78 is 38.7. The first-order chi connectivity index (χ1) is 15.4. The van der Waals surface area contributed by atoms with Crippen LogP contribution in [0.2, 0.25) is 0 Å². The molecule has 4 rings (SSSR count). The Morgan fingerprint density at radius 3 is 1.50 bits per heavy atom.